The van der Waals surface area contributed by atoms with Crippen molar-refractivity contribution in [3.8, 4) is 5.88 Å². The number of nitrogens with zero attached hydrogens (tertiary/aromatic N) is 3. The van der Waals surface area contributed by atoms with E-state index in [1.54, 1.807) is 25.7 Å². The molecule has 0 aromatic carbocycles. The Balaban J connectivity index is 1.73. The summed E-state index contributed by atoms with van der Waals surface area (Å²) in [7, 11) is 1.55. The van der Waals surface area contributed by atoms with Gasteiger partial charge in [-0.15, -0.1) is 0 Å². The quantitative estimate of drug-likeness (QED) is 0.910. The van der Waals surface area contributed by atoms with Crippen molar-refractivity contribution in [1.29, 1.82) is 0 Å². The average molecular weight is 312 g/mol. The van der Waals surface area contributed by atoms with Crippen molar-refractivity contribution in [2.45, 2.75) is 38.6 Å². The molecule has 120 valence electrons. The standard InChI is InChI=1S/C17H20N4O2/c1-11(8-13-10-18-6-7-19-13)20-16(22)14-9-12-4-3-5-15(12)21-17(14)23-2/h6-7,9-11H,3-5,8H2,1-2H3,(H,20,22)/t11-/m1/s1. The maximum absolute atomic E-state index is 12.6. The molecule has 0 aliphatic heterocycles. The van der Waals surface area contributed by atoms with Crippen LogP contribution in [-0.4, -0.2) is 34.0 Å². The van der Waals surface area contributed by atoms with Gasteiger partial charge in [-0.1, -0.05) is 0 Å². The van der Waals surface area contributed by atoms with Gasteiger partial charge in [0.05, 0.1) is 12.8 Å². The van der Waals surface area contributed by atoms with Crippen LogP contribution in [0, 0.1) is 0 Å². The molecule has 3 rings (SSSR count). The van der Waals surface area contributed by atoms with Crippen LogP contribution >= 0.6 is 0 Å². The third-order valence-electron chi connectivity index (χ3n) is 3.96. The Kier molecular flexibility index (Phi) is 4.50. The van der Waals surface area contributed by atoms with Crippen LogP contribution in [-0.2, 0) is 19.3 Å². The zero-order valence-corrected chi connectivity index (χ0v) is 13.4. The number of methoxy groups -OCH3 is 1. The van der Waals surface area contributed by atoms with E-state index in [4.69, 9.17) is 4.74 Å². The van der Waals surface area contributed by atoms with Gasteiger partial charge in [-0.05, 0) is 37.8 Å². The minimum absolute atomic E-state index is 0.0582. The fourth-order valence-electron chi connectivity index (χ4n) is 2.87. The van der Waals surface area contributed by atoms with Crippen molar-refractivity contribution in [1.82, 2.24) is 20.3 Å². The zero-order valence-electron chi connectivity index (χ0n) is 13.4. The van der Waals surface area contributed by atoms with Gasteiger partial charge in [-0.25, -0.2) is 4.98 Å². The monoisotopic (exact) mass is 312 g/mol. The van der Waals surface area contributed by atoms with Gasteiger partial charge in [0.1, 0.15) is 5.56 Å². The SMILES string of the molecule is COc1nc2c(cc1C(=O)N[C@H](C)Cc1cnccn1)CCC2. The molecule has 0 saturated carbocycles. The van der Waals surface area contributed by atoms with Crippen LogP contribution in [0.5, 0.6) is 5.88 Å². The van der Waals surface area contributed by atoms with Crippen LogP contribution in [0.4, 0.5) is 0 Å². The number of amides is 1. The lowest BCUT2D eigenvalue weighted by Gasteiger charge is -2.15. The highest BCUT2D eigenvalue weighted by atomic mass is 16.5. The first kappa shape index (κ1) is 15.4. The molecule has 1 aliphatic carbocycles. The number of carbonyl (C=O) groups is 1. The van der Waals surface area contributed by atoms with E-state index >= 15 is 0 Å². The number of aromatic nitrogens is 3. The summed E-state index contributed by atoms with van der Waals surface area (Å²) in [5, 5.41) is 2.98. The maximum atomic E-state index is 12.6. The van der Waals surface area contributed by atoms with E-state index in [1.165, 1.54) is 0 Å². The Morgan fingerprint density at radius 1 is 1.39 bits per heavy atom. The summed E-state index contributed by atoms with van der Waals surface area (Å²) < 4.78 is 5.30. The summed E-state index contributed by atoms with van der Waals surface area (Å²) in [5.74, 6) is 0.232. The number of hydrogen-bond donors (Lipinski definition) is 1. The number of ether oxygens (including phenoxy) is 1. The molecule has 0 saturated heterocycles. The van der Waals surface area contributed by atoms with E-state index in [9.17, 15) is 4.79 Å². The van der Waals surface area contributed by atoms with Gasteiger partial charge in [-0.2, -0.15) is 0 Å². The van der Waals surface area contributed by atoms with Crippen LogP contribution in [0.1, 0.15) is 40.7 Å². The molecule has 1 amide bonds. The molecular formula is C17H20N4O2. The molecule has 0 bridgehead atoms. The number of rotatable bonds is 5. The number of hydrogen-bond acceptors (Lipinski definition) is 5. The van der Waals surface area contributed by atoms with E-state index in [1.807, 2.05) is 13.0 Å². The van der Waals surface area contributed by atoms with Gasteiger partial charge in [0.15, 0.2) is 0 Å². The third-order valence-corrected chi connectivity index (χ3v) is 3.96. The van der Waals surface area contributed by atoms with E-state index < -0.39 is 0 Å². The highest BCUT2D eigenvalue weighted by molar-refractivity contribution is 5.96. The minimum atomic E-state index is -0.166. The number of pyridine rings is 1. The number of aryl methyl sites for hydroxylation is 2. The summed E-state index contributed by atoms with van der Waals surface area (Å²) in [6, 6.07) is 1.86. The normalized spacial score (nSPS) is 14.2. The van der Waals surface area contributed by atoms with Gasteiger partial charge >= 0.3 is 0 Å². The van der Waals surface area contributed by atoms with E-state index in [2.05, 4.69) is 20.3 Å². The molecule has 2 heterocycles. The predicted octanol–water partition coefficient (Wildman–Crippen LogP) is 1.73. The summed E-state index contributed by atoms with van der Waals surface area (Å²) in [5.41, 5.74) is 3.54. The van der Waals surface area contributed by atoms with Crippen molar-refractivity contribution in [3.05, 3.63) is 47.2 Å². The fraction of sp³-hybridized carbons (Fsp3) is 0.412. The molecule has 2 aromatic heterocycles. The second-order valence-electron chi connectivity index (χ2n) is 5.78. The second-order valence-corrected chi connectivity index (χ2v) is 5.78. The van der Waals surface area contributed by atoms with Gasteiger partial charge in [-0.3, -0.25) is 14.8 Å². The van der Waals surface area contributed by atoms with E-state index in [0.29, 0.717) is 17.9 Å². The lowest BCUT2D eigenvalue weighted by molar-refractivity contribution is 0.0936. The fourth-order valence-corrected chi connectivity index (χ4v) is 2.87. The van der Waals surface area contributed by atoms with Crippen LogP contribution in [0.2, 0.25) is 0 Å². The zero-order chi connectivity index (χ0) is 16.2. The molecule has 23 heavy (non-hydrogen) atoms. The Morgan fingerprint density at radius 2 is 2.26 bits per heavy atom. The summed E-state index contributed by atoms with van der Waals surface area (Å²) in [4.78, 5) is 25.3. The average Bonchev–Trinajstić information content (AvgIpc) is 3.01. The lowest BCUT2D eigenvalue weighted by atomic mass is 10.1. The highest BCUT2D eigenvalue weighted by Gasteiger charge is 2.21. The van der Waals surface area contributed by atoms with Crippen LogP contribution in [0.25, 0.3) is 0 Å². The molecule has 2 aromatic rings. The molecule has 0 radical (unpaired) electrons. The number of nitrogens with one attached hydrogen (secondary N) is 1. The first-order valence-corrected chi connectivity index (χ1v) is 7.80. The molecule has 1 aliphatic rings. The van der Waals surface area contributed by atoms with E-state index in [-0.39, 0.29) is 11.9 Å². The van der Waals surface area contributed by atoms with Crippen molar-refractivity contribution in [2.24, 2.45) is 0 Å². The largest absolute Gasteiger partial charge is 0.480 e. The lowest BCUT2D eigenvalue weighted by Crippen LogP contribution is -2.34. The van der Waals surface area contributed by atoms with Gasteiger partial charge in [0, 0.05) is 36.7 Å². The summed E-state index contributed by atoms with van der Waals surface area (Å²) in [6.07, 6.45) is 8.63. The Labute approximate surface area is 135 Å². The van der Waals surface area contributed by atoms with Crippen molar-refractivity contribution < 1.29 is 9.53 Å². The number of carbonyl (C=O) groups excluding carboxylic acids is 1. The van der Waals surface area contributed by atoms with Crippen molar-refractivity contribution >= 4 is 5.91 Å². The van der Waals surface area contributed by atoms with Crippen LogP contribution < -0.4 is 10.1 Å². The molecule has 0 unspecified atom stereocenters. The van der Waals surface area contributed by atoms with E-state index in [0.717, 1.165) is 36.2 Å². The van der Waals surface area contributed by atoms with Gasteiger partial charge in [0.25, 0.3) is 5.91 Å². The van der Waals surface area contributed by atoms with Crippen molar-refractivity contribution in [3.63, 3.8) is 0 Å². The first-order valence-electron chi connectivity index (χ1n) is 7.80. The molecule has 1 N–H and O–H groups in total. The molecular weight excluding hydrogens is 292 g/mol. The first-order chi connectivity index (χ1) is 11.2. The smallest absolute Gasteiger partial charge is 0.256 e. The van der Waals surface area contributed by atoms with Crippen LogP contribution in [0.15, 0.2) is 24.7 Å². The Bertz CT molecular complexity index is 703. The third kappa shape index (κ3) is 3.47. The van der Waals surface area contributed by atoms with Gasteiger partial charge in [0.2, 0.25) is 5.88 Å². The number of fused-ring (bicyclic) bond motifs is 1. The van der Waals surface area contributed by atoms with Gasteiger partial charge < -0.3 is 10.1 Å². The van der Waals surface area contributed by atoms with Crippen LogP contribution in [0.3, 0.4) is 0 Å². The molecule has 0 fully saturated rings. The molecule has 6 heteroatoms. The predicted molar refractivity (Wildman–Crippen MR) is 85.5 cm³/mol. The highest BCUT2D eigenvalue weighted by Crippen LogP contribution is 2.26. The molecule has 6 nitrogen and oxygen atoms in total. The Morgan fingerprint density at radius 3 is 3.00 bits per heavy atom. The Hall–Kier alpha value is -2.50. The maximum Gasteiger partial charge on any atom is 0.256 e. The van der Waals surface area contributed by atoms with Crippen molar-refractivity contribution in [2.75, 3.05) is 7.11 Å². The summed E-state index contributed by atoms with van der Waals surface area (Å²) in [6.45, 7) is 1.94. The topological polar surface area (TPSA) is 77.0 Å². The summed E-state index contributed by atoms with van der Waals surface area (Å²) >= 11 is 0. The molecule has 1 atom stereocenters. The second kappa shape index (κ2) is 6.73. The molecule has 0 spiro atoms. The minimum Gasteiger partial charge on any atom is -0.480 e.